The SMILES string of the molecule is CC1C=c2ccc(C3=C4CCC=CC4=C(c4nc5ccccc5n4-c4ccccc4)C4=CC=CCC43)cc2=CC1. The maximum absolute atomic E-state index is 5.33. The van der Waals surface area contributed by atoms with Crippen molar-refractivity contribution in [2.45, 2.75) is 32.6 Å². The number of hydrogen-bond donors (Lipinski definition) is 0. The fourth-order valence-electron chi connectivity index (χ4n) is 7.12. The molecule has 40 heavy (non-hydrogen) atoms. The molecule has 8 rings (SSSR count). The smallest absolute Gasteiger partial charge is 0.146 e. The molecule has 0 bridgehead atoms. The van der Waals surface area contributed by atoms with Crippen LogP contribution in [-0.4, -0.2) is 9.55 Å². The molecule has 2 unspecified atom stereocenters. The van der Waals surface area contributed by atoms with Crippen LogP contribution < -0.4 is 10.4 Å². The first kappa shape index (κ1) is 23.5. The second-order valence-corrected chi connectivity index (χ2v) is 11.5. The largest absolute Gasteiger partial charge is 0.292 e. The van der Waals surface area contributed by atoms with E-state index < -0.39 is 0 Å². The quantitative estimate of drug-likeness (QED) is 0.273. The fourth-order valence-corrected chi connectivity index (χ4v) is 7.12. The number of aromatic nitrogens is 2. The van der Waals surface area contributed by atoms with Crippen molar-refractivity contribution in [3.8, 4) is 5.69 Å². The van der Waals surface area contributed by atoms with E-state index >= 15 is 0 Å². The molecule has 0 N–H and O–H groups in total. The highest BCUT2D eigenvalue weighted by Crippen LogP contribution is 2.52. The number of nitrogens with zero attached hydrogens (tertiary/aromatic N) is 2. The molecule has 0 saturated carbocycles. The van der Waals surface area contributed by atoms with E-state index in [1.807, 2.05) is 0 Å². The lowest BCUT2D eigenvalue weighted by Crippen LogP contribution is -2.29. The lowest BCUT2D eigenvalue weighted by atomic mass is 9.68. The van der Waals surface area contributed by atoms with Gasteiger partial charge in [-0.25, -0.2) is 4.98 Å². The van der Waals surface area contributed by atoms with Gasteiger partial charge in [-0.15, -0.1) is 0 Å². The van der Waals surface area contributed by atoms with Gasteiger partial charge in [0.25, 0.3) is 0 Å². The molecular weight excluding hydrogens is 484 g/mol. The normalized spacial score (nSPS) is 21.4. The minimum absolute atomic E-state index is 0.318. The summed E-state index contributed by atoms with van der Waals surface area (Å²) in [6.45, 7) is 2.31. The van der Waals surface area contributed by atoms with E-state index in [2.05, 4.69) is 127 Å². The first-order valence-electron chi connectivity index (χ1n) is 14.6. The third-order valence-corrected chi connectivity index (χ3v) is 8.93. The van der Waals surface area contributed by atoms with Crippen LogP contribution in [0.3, 0.4) is 0 Å². The van der Waals surface area contributed by atoms with E-state index in [1.165, 1.54) is 43.9 Å². The van der Waals surface area contributed by atoms with Crippen LogP contribution in [0, 0.1) is 11.8 Å². The molecule has 3 aromatic carbocycles. The number of rotatable bonds is 3. The van der Waals surface area contributed by atoms with Gasteiger partial charge >= 0.3 is 0 Å². The number of benzene rings is 3. The predicted molar refractivity (Wildman–Crippen MR) is 167 cm³/mol. The molecule has 2 atom stereocenters. The highest BCUT2D eigenvalue weighted by molar-refractivity contribution is 5.98. The molecule has 1 aromatic heterocycles. The number of fused-ring (bicyclic) bond motifs is 4. The summed E-state index contributed by atoms with van der Waals surface area (Å²) in [5.41, 5.74) is 11.7. The Morgan fingerprint density at radius 1 is 0.875 bits per heavy atom. The summed E-state index contributed by atoms with van der Waals surface area (Å²) >= 11 is 0. The molecule has 4 aliphatic carbocycles. The number of allylic oxidation sites excluding steroid dienone is 10. The summed E-state index contributed by atoms with van der Waals surface area (Å²) in [6, 6.07) is 26.4. The van der Waals surface area contributed by atoms with Crippen LogP contribution in [0.2, 0.25) is 0 Å². The summed E-state index contributed by atoms with van der Waals surface area (Å²) < 4.78 is 2.36. The zero-order chi connectivity index (χ0) is 26.6. The van der Waals surface area contributed by atoms with Crippen molar-refractivity contribution in [2.24, 2.45) is 11.8 Å². The Labute approximate surface area is 235 Å². The lowest BCUT2D eigenvalue weighted by molar-refractivity contribution is 0.779. The van der Waals surface area contributed by atoms with Crippen LogP contribution in [0.25, 0.3) is 40.0 Å². The van der Waals surface area contributed by atoms with Gasteiger partial charge in [0, 0.05) is 17.2 Å². The third-order valence-electron chi connectivity index (χ3n) is 8.93. The van der Waals surface area contributed by atoms with E-state index in [0.29, 0.717) is 11.8 Å². The molecule has 194 valence electrons. The van der Waals surface area contributed by atoms with Gasteiger partial charge in [0.2, 0.25) is 0 Å². The van der Waals surface area contributed by atoms with Crippen LogP contribution in [-0.2, 0) is 0 Å². The second kappa shape index (κ2) is 9.34. The summed E-state index contributed by atoms with van der Waals surface area (Å²) in [6.07, 6.45) is 20.8. The standard InChI is InChI=1S/C38H32N2/c1-25-19-20-27-24-28(22-21-26(27)23-25)36-30-13-5-7-15-32(30)37(33-16-8-6-14-31(33)36)38-39-34-17-9-10-18-35(34)40(38)29-11-3-2-4-12-29/h2-5,7-12,15-18,20-25,30H,6,13-14,19H2,1H3. The maximum Gasteiger partial charge on any atom is 0.146 e. The van der Waals surface area contributed by atoms with Crippen LogP contribution in [0.5, 0.6) is 0 Å². The minimum Gasteiger partial charge on any atom is -0.292 e. The van der Waals surface area contributed by atoms with Crippen molar-refractivity contribution in [3.05, 3.63) is 142 Å². The zero-order valence-corrected chi connectivity index (χ0v) is 22.8. The molecular formula is C38H32N2. The van der Waals surface area contributed by atoms with Crippen LogP contribution in [0.4, 0.5) is 0 Å². The Bertz CT molecular complexity index is 1960. The predicted octanol–water partition coefficient (Wildman–Crippen LogP) is 7.70. The van der Waals surface area contributed by atoms with Crippen molar-refractivity contribution in [1.29, 1.82) is 0 Å². The molecule has 0 saturated heterocycles. The van der Waals surface area contributed by atoms with E-state index in [1.54, 1.807) is 0 Å². The van der Waals surface area contributed by atoms with Crippen LogP contribution in [0.15, 0.2) is 120 Å². The molecule has 0 spiro atoms. The Kier molecular flexibility index (Phi) is 5.48. The van der Waals surface area contributed by atoms with E-state index in [0.717, 1.165) is 48.2 Å². The van der Waals surface area contributed by atoms with Gasteiger partial charge in [0.05, 0.1) is 11.0 Å². The highest BCUT2D eigenvalue weighted by atomic mass is 15.1. The molecule has 4 aromatic rings. The average Bonchev–Trinajstić information content (AvgIpc) is 3.39. The van der Waals surface area contributed by atoms with Gasteiger partial charge in [0.15, 0.2) is 0 Å². The topological polar surface area (TPSA) is 17.8 Å². The van der Waals surface area contributed by atoms with Gasteiger partial charge in [-0.2, -0.15) is 0 Å². The molecule has 0 fully saturated rings. The fraction of sp³-hybridized carbons (Fsp3) is 0.184. The van der Waals surface area contributed by atoms with Crippen molar-refractivity contribution in [3.63, 3.8) is 0 Å². The molecule has 4 aliphatic rings. The van der Waals surface area contributed by atoms with Crippen molar-refractivity contribution in [1.82, 2.24) is 9.55 Å². The van der Waals surface area contributed by atoms with Crippen molar-refractivity contribution in [2.75, 3.05) is 0 Å². The van der Waals surface area contributed by atoms with Crippen LogP contribution in [0.1, 0.15) is 44.0 Å². The van der Waals surface area contributed by atoms with Gasteiger partial charge in [-0.3, -0.25) is 4.57 Å². The highest BCUT2D eigenvalue weighted by Gasteiger charge is 2.36. The second-order valence-electron chi connectivity index (χ2n) is 11.5. The van der Waals surface area contributed by atoms with Gasteiger partial charge in [0.1, 0.15) is 5.82 Å². The Balaban J connectivity index is 1.43. The summed E-state index contributed by atoms with van der Waals surface area (Å²) in [7, 11) is 0. The van der Waals surface area contributed by atoms with E-state index in [4.69, 9.17) is 4.98 Å². The van der Waals surface area contributed by atoms with Crippen molar-refractivity contribution < 1.29 is 0 Å². The minimum atomic E-state index is 0.318. The third kappa shape index (κ3) is 3.67. The van der Waals surface area contributed by atoms with Gasteiger partial charge < -0.3 is 0 Å². The number of hydrogen-bond acceptors (Lipinski definition) is 1. The Morgan fingerprint density at radius 3 is 2.67 bits per heavy atom. The van der Waals surface area contributed by atoms with Crippen molar-refractivity contribution >= 4 is 34.3 Å². The van der Waals surface area contributed by atoms with Crippen LogP contribution >= 0.6 is 0 Å². The summed E-state index contributed by atoms with van der Waals surface area (Å²) in [4.78, 5) is 5.33. The Morgan fingerprint density at radius 2 is 1.75 bits per heavy atom. The monoisotopic (exact) mass is 516 g/mol. The molecule has 1 heterocycles. The van der Waals surface area contributed by atoms with Gasteiger partial charge in [-0.1, -0.05) is 91.9 Å². The van der Waals surface area contributed by atoms with Gasteiger partial charge in [-0.05, 0) is 100 Å². The summed E-state index contributed by atoms with van der Waals surface area (Å²) in [5, 5.41) is 2.76. The molecule has 0 aliphatic heterocycles. The molecule has 0 radical (unpaired) electrons. The first-order chi connectivity index (χ1) is 19.8. The number of imidazole rings is 1. The maximum atomic E-state index is 5.33. The summed E-state index contributed by atoms with van der Waals surface area (Å²) in [5.74, 6) is 1.97. The molecule has 2 nitrogen and oxygen atoms in total. The van der Waals surface area contributed by atoms with E-state index in [-0.39, 0.29) is 0 Å². The van der Waals surface area contributed by atoms with E-state index in [9.17, 15) is 0 Å². The molecule has 0 amide bonds. The first-order valence-corrected chi connectivity index (χ1v) is 14.6. The molecule has 2 heteroatoms. The average molecular weight is 517 g/mol. The Hall–Kier alpha value is -4.43. The zero-order valence-electron chi connectivity index (χ0n) is 22.8. The number of para-hydroxylation sites is 3. The lowest BCUT2D eigenvalue weighted by Gasteiger charge is -2.36.